The van der Waals surface area contributed by atoms with Gasteiger partial charge in [0.05, 0.1) is 25.3 Å². The fraction of sp³-hybridized carbons (Fsp3) is 0.682. The van der Waals surface area contributed by atoms with Gasteiger partial charge in [0.2, 0.25) is 0 Å². The maximum atomic E-state index is 9.02. The average molecular weight is 372 g/mol. The summed E-state index contributed by atoms with van der Waals surface area (Å²) in [6.07, 6.45) is 8.00. The van der Waals surface area contributed by atoms with Gasteiger partial charge in [0, 0.05) is 31.6 Å². The van der Waals surface area contributed by atoms with Gasteiger partial charge in [-0.25, -0.2) is 0 Å². The fourth-order valence-corrected chi connectivity index (χ4v) is 4.20. The molecule has 3 rings (SSSR count). The van der Waals surface area contributed by atoms with Gasteiger partial charge in [0.15, 0.2) is 11.5 Å². The van der Waals surface area contributed by atoms with E-state index in [2.05, 4.69) is 15.9 Å². The topological polar surface area (TPSA) is 48.7 Å². The van der Waals surface area contributed by atoms with Gasteiger partial charge in [-0.05, 0) is 57.5 Å². The molecular weight excluding hydrogens is 338 g/mol. The molecule has 0 amide bonds. The lowest BCUT2D eigenvalue weighted by Crippen LogP contribution is -2.42. The van der Waals surface area contributed by atoms with Crippen molar-refractivity contribution in [3.05, 3.63) is 23.8 Å². The van der Waals surface area contributed by atoms with Crippen LogP contribution in [0.1, 0.15) is 44.1 Å². The molecule has 0 bridgehead atoms. The van der Waals surface area contributed by atoms with Crippen molar-refractivity contribution in [3.8, 4) is 17.6 Å². The molecule has 148 valence electrons. The highest BCUT2D eigenvalue weighted by atomic mass is 16.5. The predicted octanol–water partition coefficient (Wildman–Crippen LogP) is 3.53. The maximum Gasteiger partial charge on any atom is 0.162 e. The smallest absolute Gasteiger partial charge is 0.162 e. The van der Waals surface area contributed by atoms with E-state index >= 15 is 0 Å². The second kappa shape index (κ2) is 10.5. The average Bonchev–Trinajstić information content (AvgIpc) is 3.00. The number of nitrogens with zero attached hydrogens (tertiary/aromatic N) is 3. The van der Waals surface area contributed by atoms with E-state index in [1.54, 1.807) is 19.2 Å². The van der Waals surface area contributed by atoms with Crippen molar-refractivity contribution in [3.63, 3.8) is 0 Å². The molecule has 2 aliphatic rings. The van der Waals surface area contributed by atoms with Crippen molar-refractivity contribution >= 4 is 0 Å². The van der Waals surface area contributed by atoms with Gasteiger partial charge in [-0.15, -0.1) is 0 Å². The van der Waals surface area contributed by atoms with Crippen molar-refractivity contribution in [2.45, 2.75) is 38.5 Å². The van der Waals surface area contributed by atoms with E-state index < -0.39 is 0 Å². The minimum Gasteiger partial charge on any atom is -0.493 e. The lowest BCUT2D eigenvalue weighted by Gasteiger charge is -2.34. The molecule has 1 aromatic rings. The Balaban J connectivity index is 1.45. The van der Waals surface area contributed by atoms with Gasteiger partial charge in [0.25, 0.3) is 0 Å². The number of nitriles is 1. The molecule has 2 fully saturated rings. The fourth-order valence-electron chi connectivity index (χ4n) is 4.20. The molecule has 5 nitrogen and oxygen atoms in total. The van der Waals surface area contributed by atoms with E-state index in [1.165, 1.54) is 71.2 Å². The molecular formula is C22H33N3O2. The Kier molecular flexibility index (Phi) is 7.79. The van der Waals surface area contributed by atoms with Crippen molar-refractivity contribution < 1.29 is 9.47 Å². The number of methoxy groups -OCH3 is 1. The van der Waals surface area contributed by atoms with E-state index in [1.807, 2.05) is 6.07 Å². The zero-order valence-corrected chi connectivity index (χ0v) is 16.7. The van der Waals surface area contributed by atoms with Crippen LogP contribution in [-0.2, 0) is 0 Å². The lowest BCUT2D eigenvalue weighted by molar-refractivity contribution is 0.116. The Labute approximate surface area is 163 Å². The first-order valence-corrected chi connectivity index (χ1v) is 10.4. The molecule has 0 aliphatic carbocycles. The third kappa shape index (κ3) is 6.12. The van der Waals surface area contributed by atoms with Crippen LogP contribution in [0.15, 0.2) is 18.2 Å². The lowest BCUT2D eigenvalue weighted by atomic mass is 9.99. The predicted molar refractivity (Wildman–Crippen MR) is 107 cm³/mol. The SMILES string of the molecule is COc1cc(C#N)ccc1OCC1CCCN(CCN2CCCCCC2)C1. The van der Waals surface area contributed by atoms with Crippen molar-refractivity contribution in [1.29, 1.82) is 5.26 Å². The summed E-state index contributed by atoms with van der Waals surface area (Å²) < 4.78 is 11.4. The Morgan fingerprint density at radius 2 is 1.74 bits per heavy atom. The van der Waals surface area contributed by atoms with Crippen molar-refractivity contribution in [1.82, 2.24) is 9.80 Å². The van der Waals surface area contributed by atoms with Gasteiger partial charge >= 0.3 is 0 Å². The van der Waals surface area contributed by atoms with Crippen molar-refractivity contribution in [2.24, 2.45) is 5.92 Å². The molecule has 0 aromatic heterocycles. The molecule has 0 spiro atoms. The largest absolute Gasteiger partial charge is 0.493 e. The molecule has 27 heavy (non-hydrogen) atoms. The first kappa shape index (κ1) is 20.0. The second-order valence-electron chi connectivity index (χ2n) is 7.85. The number of hydrogen-bond donors (Lipinski definition) is 0. The first-order chi connectivity index (χ1) is 13.3. The summed E-state index contributed by atoms with van der Waals surface area (Å²) >= 11 is 0. The highest BCUT2D eigenvalue weighted by Crippen LogP contribution is 2.29. The van der Waals surface area contributed by atoms with Gasteiger partial charge < -0.3 is 19.3 Å². The normalized spacial score (nSPS) is 22.0. The van der Waals surface area contributed by atoms with Crippen LogP contribution in [-0.4, -0.2) is 62.8 Å². The number of ether oxygens (including phenoxy) is 2. The summed E-state index contributed by atoms with van der Waals surface area (Å²) in [5.41, 5.74) is 0.594. The van der Waals surface area contributed by atoms with Gasteiger partial charge in [-0.3, -0.25) is 0 Å². The third-order valence-electron chi connectivity index (χ3n) is 5.80. The van der Waals surface area contributed by atoms with E-state index in [0.717, 1.165) is 12.3 Å². The van der Waals surface area contributed by atoms with Crippen LogP contribution in [0.4, 0.5) is 0 Å². The van der Waals surface area contributed by atoms with Crippen molar-refractivity contribution in [2.75, 3.05) is 53.0 Å². The second-order valence-corrected chi connectivity index (χ2v) is 7.85. The molecule has 2 aliphatic heterocycles. The quantitative estimate of drug-likeness (QED) is 0.734. The number of rotatable bonds is 7. The summed E-state index contributed by atoms with van der Waals surface area (Å²) in [7, 11) is 1.62. The maximum absolute atomic E-state index is 9.02. The molecule has 1 atom stereocenters. The minimum absolute atomic E-state index is 0.559. The molecule has 1 unspecified atom stereocenters. The molecule has 0 radical (unpaired) electrons. The van der Waals surface area contributed by atoms with Crippen LogP contribution in [0.3, 0.4) is 0 Å². The molecule has 1 aromatic carbocycles. The standard InChI is InChI=1S/C22H33N3O2/c1-26-22-15-19(16-23)8-9-21(22)27-18-20-7-6-12-25(17-20)14-13-24-10-4-2-3-5-11-24/h8-9,15,20H,2-7,10-14,17-18H2,1H3. The van der Waals surface area contributed by atoms with Crippen LogP contribution < -0.4 is 9.47 Å². The molecule has 0 N–H and O–H groups in total. The Morgan fingerprint density at radius 1 is 1.00 bits per heavy atom. The Bertz CT molecular complexity index is 620. The highest BCUT2D eigenvalue weighted by Gasteiger charge is 2.21. The molecule has 2 saturated heterocycles. The first-order valence-electron chi connectivity index (χ1n) is 10.4. The summed E-state index contributed by atoms with van der Waals surface area (Å²) in [5.74, 6) is 1.93. The Morgan fingerprint density at radius 3 is 2.48 bits per heavy atom. The number of hydrogen-bond acceptors (Lipinski definition) is 5. The van der Waals surface area contributed by atoms with Crippen LogP contribution in [0.25, 0.3) is 0 Å². The van der Waals surface area contributed by atoms with E-state index in [-0.39, 0.29) is 0 Å². The summed E-state index contributed by atoms with van der Waals surface area (Å²) in [6, 6.07) is 7.51. The zero-order valence-electron chi connectivity index (χ0n) is 16.7. The molecule has 0 saturated carbocycles. The number of piperidine rings is 1. The van der Waals surface area contributed by atoms with E-state index in [0.29, 0.717) is 23.8 Å². The van der Waals surface area contributed by atoms with Crippen LogP contribution in [0, 0.1) is 17.2 Å². The summed E-state index contributed by atoms with van der Waals surface area (Å²) in [6.45, 7) is 7.98. The molecule has 5 heteroatoms. The van der Waals surface area contributed by atoms with Gasteiger partial charge in [0.1, 0.15) is 0 Å². The van der Waals surface area contributed by atoms with Gasteiger partial charge in [-0.2, -0.15) is 5.26 Å². The third-order valence-corrected chi connectivity index (χ3v) is 5.80. The van der Waals surface area contributed by atoms with E-state index in [9.17, 15) is 0 Å². The molecule has 2 heterocycles. The number of benzene rings is 1. The minimum atomic E-state index is 0.559. The summed E-state index contributed by atoms with van der Waals surface area (Å²) in [5, 5.41) is 9.02. The monoisotopic (exact) mass is 371 g/mol. The zero-order chi connectivity index (χ0) is 18.9. The van der Waals surface area contributed by atoms with Crippen LogP contribution in [0.5, 0.6) is 11.5 Å². The van der Waals surface area contributed by atoms with Gasteiger partial charge in [-0.1, -0.05) is 12.8 Å². The Hall–Kier alpha value is -1.77. The highest BCUT2D eigenvalue weighted by molar-refractivity contribution is 5.46. The van der Waals surface area contributed by atoms with Crippen LogP contribution in [0.2, 0.25) is 0 Å². The van der Waals surface area contributed by atoms with E-state index in [4.69, 9.17) is 14.7 Å². The summed E-state index contributed by atoms with van der Waals surface area (Å²) in [4.78, 5) is 5.26. The number of likely N-dealkylation sites (tertiary alicyclic amines) is 2. The van der Waals surface area contributed by atoms with Crippen LogP contribution >= 0.6 is 0 Å².